The highest BCUT2D eigenvalue weighted by Crippen LogP contribution is 2.27. The van der Waals surface area contributed by atoms with E-state index >= 15 is 0 Å². The molecule has 1 aromatic carbocycles. The quantitative estimate of drug-likeness (QED) is 0.921. The van der Waals surface area contributed by atoms with E-state index in [1.165, 1.54) is 0 Å². The van der Waals surface area contributed by atoms with Gasteiger partial charge in [0.1, 0.15) is 5.82 Å². The number of carbonyl (C=O) groups is 1. The average Bonchev–Trinajstić information content (AvgIpc) is 2.46. The lowest BCUT2D eigenvalue weighted by Gasteiger charge is -2.34. The lowest BCUT2D eigenvalue weighted by molar-refractivity contribution is 0.0699. The highest BCUT2D eigenvalue weighted by molar-refractivity contribution is 7.99. The van der Waals surface area contributed by atoms with Gasteiger partial charge >= 0.3 is 5.97 Å². The zero-order valence-electron chi connectivity index (χ0n) is 11.2. The van der Waals surface area contributed by atoms with Crippen LogP contribution in [-0.2, 0) is 0 Å². The molecule has 2 heterocycles. The number of anilines is 1. The minimum Gasteiger partial charge on any atom is -0.478 e. The Hall–Kier alpha value is -1.75. The van der Waals surface area contributed by atoms with E-state index in [1.807, 2.05) is 36.0 Å². The minimum absolute atomic E-state index is 0.330. The summed E-state index contributed by atoms with van der Waals surface area (Å²) in [5.41, 5.74) is 1.07. The van der Waals surface area contributed by atoms with Crippen molar-refractivity contribution >= 4 is 34.5 Å². The van der Waals surface area contributed by atoms with Gasteiger partial charge in [-0.05, 0) is 19.1 Å². The van der Waals surface area contributed by atoms with Crippen molar-refractivity contribution in [2.45, 2.75) is 13.0 Å². The maximum absolute atomic E-state index is 11.5. The van der Waals surface area contributed by atoms with Crippen LogP contribution in [0.4, 0.5) is 5.82 Å². The molecule has 0 saturated carbocycles. The summed E-state index contributed by atoms with van der Waals surface area (Å²) in [4.78, 5) is 18.3. The smallest absolute Gasteiger partial charge is 0.336 e. The molecule has 1 atom stereocenters. The normalized spacial score (nSPS) is 19.2. The topological polar surface area (TPSA) is 53.4 Å². The number of aromatic nitrogens is 1. The highest BCUT2D eigenvalue weighted by Gasteiger charge is 2.22. The zero-order chi connectivity index (χ0) is 14.1. The van der Waals surface area contributed by atoms with Gasteiger partial charge in [-0.15, -0.1) is 0 Å². The third-order valence-corrected chi connectivity index (χ3v) is 4.78. The molecule has 0 amide bonds. The first-order valence-electron chi connectivity index (χ1n) is 6.64. The molecule has 1 aliphatic heterocycles. The number of pyridine rings is 1. The molecule has 3 rings (SSSR count). The molecule has 1 unspecified atom stereocenters. The van der Waals surface area contributed by atoms with Crippen LogP contribution in [0.2, 0.25) is 0 Å². The Labute approximate surface area is 121 Å². The number of fused-ring (bicyclic) bond motifs is 1. The number of benzene rings is 1. The van der Waals surface area contributed by atoms with Crippen LogP contribution in [0.15, 0.2) is 30.3 Å². The predicted molar refractivity (Wildman–Crippen MR) is 82.8 cm³/mol. The van der Waals surface area contributed by atoms with Crippen LogP contribution in [0.25, 0.3) is 10.9 Å². The predicted octanol–water partition coefficient (Wildman–Crippen LogP) is 2.87. The van der Waals surface area contributed by atoms with Gasteiger partial charge in [0.2, 0.25) is 0 Å². The Morgan fingerprint density at radius 3 is 3.00 bits per heavy atom. The van der Waals surface area contributed by atoms with Gasteiger partial charge in [-0.1, -0.05) is 18.2 Å². The molecule has 0 aliphatic carbocycles. The third-order valence-electron chi connectivity index (χ3n) is 3.59. The van der Waals surface area contributed by atoms with Gasteiger partial charge in [0.25, 0.3) is 0 Å². The summed E-state index contributed by atoms with van der Waals surface area (Å²) >= 11 is 1.93. The second-order valence-corrected chi connectivity index (χ2v) is 6.12. The number of hydrogen-bond acceptors (Lipinski definition) is 4. The number of carboxylic acids is 1. The lowest BCUT2D eigenvalue weighted by atomic mass is 10.1. The fourth-order valence-corrected chi connectivity index (χ4v) is 3.57. The lowest BCUT2D eigenvalue weighted by Crippen LogP contribution is -2.41. The highest BCUT2D eigenvalue weighted by atomic mass is 32.2. The van der Waals surface area contributed by atoms with Crippen LogP contribution in [0.5, 0.6) is 0 Å². The van der Waals surface area contributed by atoms with Crippen molar-refractivity contribution in [1.29, 1.82) is 0 Å². The van der Waals surface area contributed by atoms with Gasteiger partial charge in [0.15, 0.2) is 0 Å². The maximum atomic E-state index is 11.5. The van der Waals surface area contributed by atoms with E-state index < -0.39 is 5.97 Å². The summed E-state index contributed by atoms with van der Waals surface area (Å²) in [5, 5.41) is 10.1. The van der Waals surface area contributed by atoms with Crippen LogP contribution in [-0.4, -0.2) is 40.2 Å². The Morgan fingerprint density at radius 1 is 1.45 bits per heavy atom. The molecule has 0 spiro atoms. The Morgan fingerprint density at radius 2 is 2.25 bits per heavy atom. The molecule has 0 radical (unpaired) electrons. The number of aromatic carboxylic acids is 1. The maximum Gasteiger partial charge on any atom is 0.336 e. The van der Waals surface area contributed by atoms with Gasteiger partial charge in [0, 0.05) is 29.5 Å². The number of para-hydroxylation sites is 1. The Bertz CT molecular complexity index is 659. The molecular weight excluding hydrogens is 272 g/mol. The summed E-state index contributed by atoms with van der Waals surface area (Å²) in [6.45, 7) is 3.07. The standard InChI is InChI=1S/C15H16N2O2S/c1-10-9-20-7-6-17(10)14-8-12(15(18)19)11-4-2-3-5-13(11)16-14/h2-5,8,10H,6-7,9H2,1H3,(H,18,19). The number of nitrogens with zero attached hydrogens (tertiary/aromatic N) is 2. The van der Waals surface area contributed by atoms with Crippen molar-refractivity contribution in [2.75, 3.05) is 23.0 Å². The van der Waals surface area contributed by atoms with Crippen LogP contribution >= 0.6 is 11.8 Å². The van der Waals surface area contributed by atoms with E-state index in [9.17, 15) is 9.90 Å². The molecule has 1 saturated heterocycles. The second-order valence-electron chi connectivity index (χ2n) is 4.97. The molecule has 1 aromatic heterocycles. The Balaban J connectivity index is 2.14. The largest absolute Gasteiger partial charge is 0.478 e. The van der Waals surface area contributed by atoms with Gasteiger partial charge in [-0.3, -0.25) is 0 Å². The molecule has 20 heavy (non-hydrogen) atoms. The van der Waals surface area contributed by atoms with Gasteiger partial charge in [0.05, 0.1) is 11.1 Å². The van der Waals surface area contributed by atoms with Crippen LogP contribution in [0, 0.1) is 0 Å². The van der Waals surface area contributed by atoms with Crippen LogP contribution < -0.4 is 4.90 Å². The van der Waals surface area contributed by atoms with Crippen LogP contribution in [0.1, 0.15) is 17.3 Å². The monoisotopic (exact) mass is 288 g/mol. The average molecular weight is 288 g/mol. The van der Waals surface area contributed by atoms with Crippen molar-refractivity contribution in [2.24, 2.45) is 0 Å². The molecule has 1 N–H and O–H groups in total. The van der Waals surface area contributed by atoms with E-state index in [4.69, 9.17) is 0 Å². The van der Waals surface area contributed by atoms with E-state index in [0.717, 1.165) is 29.4 Å². The van der Waals surface area contributed by atoms with Crippen molar-refractivity contribution in [1.82, 2.24) is 4.98 Å². The van der Waals surface area contributed by atoms with Crippen molar-refractivity contribution in [3.8, 4) is 0 Å². The molecule has 0 bridgehead atoms. The van der Waals surface area contributed by atoms with Gasteiger partial charge in [-0.25, -0.2) is 9.78 Å². The number of rotatable bonds is 2. The summed E-state index contributed by atoms with van der Waals surface area (Å²) < 4.78 is 0. The van der Waals surface area contributed by atoms with E-state index in [1.54, 1.807) is 6.07 Å². The molecule has 5 heteroatoms. The van der Waals surface area contributed by atoms with Gasteiger partial charge in [-0.2, -0.15) is 11.8 Å². The number of carboxylic acid groups (broad SMARTS) is 1. The summed E-state index contributed by atoms with van der Waals surface area (Å²) in [5.74, 6) is 1.98. The fraction of sp³-hybridized carbons (Fsp3) is 0.333. The van der Waals surface area contributed by atoms with Crippen molar-refractivity contribution in [3.63, 3.8) is 0 Å². The van der Waals surface area contributed by atoms with E-state index in [2.05, 4.69) is 16.8 Å². The molecule has 1 aliphatic rings. The molecule has 4 nitrogen and oxygen atoms in total. The first kappa shape index (κ1) is 13.2. The summed E-state index contributed by atoms with van der Waals surface area (Å²) in [6.07, 6.45) is 0. The Kier molecular flexibility index (Phi) is 3.53. The van der Waals surface area contributed by atoms with Crippen molar-refractivity contribution in [3.05, 3.63) is 35.9 Å². The summed E-state index contributed by atoms with van der Waals surface area (Å²) in [6, 6.07) is 9.50. The summed E-state index contributed by atoms with van der Waals surface area (Å²) in [7, 11) is 0. The second kappa shape index (κ2) is 5.32. The zero-order valence-corrected chi connectivity index (χ0v) is 12.1. The molecule has 1 fully saturated rings. The first-order valence-corrected chi connectivity index (χ1v) is 7.80. The molecule has 2 aromatic rings. The number of thioether (sulfide) groups is 1. The SMILES string of the molecule is CC1CSCCN1c1cc(C(=O)O)c2ccccc2n1. The van der Waals surface area contributed by atoms with Gasteiger partial charge < -0.3 is 10.0 Å². The fourth-order valence-electron chi connectivity index (χ4n) is 2.55. The van der Waals surface area contributed by atoms with E-state index in [0.29, 0.717) is 17.0 Å². The first-order chi connectivity index (χ1) is 9.66. The molecule has 104 valence electrons. The molecular formula is C15H16N2O2S. The number of hydrogen-bond donors (Lipinski definition) is 1. The van der Waals surface area contributed by atoms with Crippen molar-refractivity contribution < 1.29 is 9.90 Å². The third kappa shape index (κ3) is 2.33. The van der Waals surface area contributed by atoms with E-state index in [-0.39, 0.29) is 0 Å². The minimum atomic E-state index is -0.899. The van der Waals surface area contributed by atoms with Crippen LogP contribution in [0.3, 0.4) is 0 Å².